The molecule has 0 aromatic carbocycles. The lowest BCUT2D eigenvalue weighted by Crippen LogP contribution is -2.27. The minimum absolute atomic E-state index is 0.0412. The Morgan fingerprint density at radius 3 is 2.63 bits per heavy atom. The van der Waals surface area contributed by atoms with Crippen molar-refractivity contribution in [3.05, 3.63) is 48.9 Å². The fraction of sp³-hybridized carbons (Fsp3) is 0. The summed E-state index contributed by atoms with van der Waals surface area (Å²) >= 11 is 0.947. The fourth-order valence-electron chi connectivity index (χ4n) is 1.35. The molecule has 0 spiro atoms. The van der Waals surface area contributed by atoms with Crippen LogP contribution in [0.3, 0.4) is 0 Å². The number of hydrogen-bond donors (Lipinski definition) is 4. The van der Waals surface area contributed by atoms with Gasteiger partial charge in [0.15, 0.2) is 0 Å². The van der Waals surface area contributed by atoms with Crippen molar-refractivity contribution in [3.8, 4) is 0 Å². The number of nitrogens with one attached hydrogen (secondary N) is 3. The predicted molar refractivity (Wildman–Crippen MR) is 66.9 cm³/mol. The van der Waals surface area contributed by atoms with Crippen LogP contribution in [0.5, 0.6) is 0 Å². The van der Waals surface area contributed by atoms with Gasteiger partial charge in [-0.15, -0.1) is 11.3 Å². The number of H-pyrrole nitrogens is 2. The van der Waals surface area contributed by atoms with Gasteiger partial charge in [0.2, 0.25) is 0 Å². The normalized spacial score (nSPS) is 10.1. The molecule has 0 fully saturated rings. The number of carbonyl (C=O) groups excluding carboxylic acids is 1. The van der Waals surface area contributed by atoms with E-state index in [1.54, 1.807) is 0 Å². The highest BCUT2D eigenvalue weighted by atomic mass is 32.1. The van der Waals surface area contributed by atoms with Crippen LogP contribution in [0.4, 0.5) is 5.69 Å². The Morgan fingerprint density at radius 2 is 2.00 bits per heavy atom. The maximum Gasteiger partial charge on any atom is 0.348 e. The van der Waals surface area contributed by atoms with Gasteiger partial charge in [-0.2, -0.15) is 0 Å². The third kappa shape index (κ3) is 2.77. The highest BCUT2D eigenvalue weighted by molar-refractivity contribution is 7.12. The Morgan fingerprint density at radius 1 is 1.26 bits per heavy atom. The predicted octanol–water partition coefficient (Wildman–Crippen LogP) is 0.0752. The lowest BCUT2D eigenvalue weighted by Gasteiger charge is -2.03. The van der Waals surface area contributed by atoms with Gasteiger partial charge in [0.05, 0.1) is 5.69 Å². The number of amides is 1. The summed E-state index contributed by atoms with van der Waals surface area (Å²) in [6.45, 7) is 0. The summed E-state index contributed by atoms with van der Waals surface area (Å²) in [4.78, 5) is 48.7. The van der Waals surface area contributed by atoms with Gasteiger partial charge in [-0.3, -0.25) is 14.6 Å². The number of carboxylic acid groups (broad SMARTS) is 1. The molecule has 0 saturated heterocycles. The molecular weight excluding hydrogens is 274 g/mol. The van der Waals surface area contributed by atoms with E-state index in [0.29, 0.717) is 0 Å². The van der Waals surface area contributed by atoms with E-state index in [0.717, 1.165) is 17.4 Å². The Kier molecular flexibility index (Phi) is 3.29. The van der Waals surface area contributed by atoms with Crippen LogP contribution in [0.25, 0.3) is 0 Å². The molecule has 0 aliphatic rings. The van der Waals surface area contributed by atoms with Gasteiger partial charge in [-0.1, -0.05) is 0 Å². The van der Waals surface area contributed by atoms with Gasteiger partial charge < -0.3 is 15.4 Å². The zero-order chi connectivity index (χ0) is 14.0. The first-order valence-corrected chi connectivity index (χ1v) is 5.81. The molecular formula is C10H7N3O5S. The van der Waals surface area contributed by atoms with Crippen molar-refractivity contribution in [3.63, 3.8) is 0 Å². The van der Waals surface area contributed by atoms with Crippen molar-refractivity contribution in [2.45, 2.75) is 0 Å². The van der Waals surface area contributed by atoms with Crippen LogP contribution in [-0.4, -0.2) is 27.0 Å². The number of carboxylic acids is 1. The van der Waals surface area contributed by atoms with Gasteiger partial charge in [0.25, 0.3) is 11.5 Å². The molecule has 2 rings (SSSR count). The average Bonchev–Trinajstić information content (AvgIpc) is 2.75. The zero-order valence-corrected chi connectivity index (χ0v) is 10.0. The summed E-state index contributed by atoms with van der Waals surface area (Å²) in [5.41, 5.74) is -1.70. The zero-order valence-electron chi connectivity index (χ0n) is 9.22. The van der Waals surface area contributed by atoms with E-state index in [1.165, 1.54) is 11.4 Å². The number of aromatic amines is 2. The van der Waals surface area contributed by atoms with E-state index in [-0.39, 0.29) is 16.3 Å². The number of hydrogen-bond acceptors (Lipinski definition) is 5. The number of aromatic nitrogens is 2. The lowest BCUT2D eigenvalue weighted by molar-refractivity contribution is 0.0703. The summed E-state index contributed by atoms with van der Waals surface area (Å²) < 4.78 is 0. The summed E-state index contributed by atoms with van der Waals surface area (Å²) in [7, 11) is 0. The van der Waals surface area contributed by atoms with E-state index < -0.39 is 23.1 Å². The molecule has 9 heteroatoms. The smallest absolute Gasteiger partial charge is 0.348 e. The number of aromatic carboxylic acids is 1. The first-order valence-electron chi connectivity index (χ1n) is 4.93. The fourth-order valence-corrected chi connectivity index (χ4v) is 2.04. The highest BCUT2D eigenvalue weighted by Crippen LogP contribution is 2.22. The van der Waals surface area contributed by atoms with Gasteiger partial charge in [-0.25, -0.2) is 9.59 Å². The molecule has 0 bridgehead atoms. The second-order valence-corrected chi connectivity index (χ2v) is 4.34. The largest absolute Gasteiger partial charge is 0.477 e. The monoisotopic (exact) mass is 281 g/mol. The molecule has 0 saturated carbocycles. The van der Waals surface area contributed by atoms with E-state index in [2.05, 4.69) is 10.3 Å². The summed E-state index contributed by atoms with van der Waals surface area (Å²) in [6.07, 6.45) is 0. The number of anilines is 1. The molecule has 0 atom stereocenters. The second-order valence-electron chi connectivity index (χ2n) is 3.42. The molecule has 4 N–H and O–H groups in total. The molecule has 0 aliphatic heterocycles. The van der Waals surface area contributed by atoms with Crippen LogP contribution in [-0.2, 0) is 0 Å². The molecule has 2 aromatic heterocycles. The van der Waals surface area contributed by atoms with Crippen LogP contribution < -0.4 is 16.6 Å². The third-order valence-electron chi connectivity index (χ3n) is 2.11. The van der Waals surface area contributed by atoms with Crippen molar-refractivity contribution >= 4 is 28.9 Å². The van der Waals surface area contributed by atoms with Gasteiger partial charge >= 0.3 is 11.7 Å². The number of rotatable bonds is 3. The van der Waals surface area contributed by atoms with Crippen LogP contribution in [0, 0.1) is 0 Å². The van der Waals surface area contributed by atoms with Gasteiger partial charge in [-0.05, 0) is 11.4 Å². The van der Waals surface area contributed by atoms with E-state index in [4.69, 9.17) is 5.11 Å². The molecule has 2 heterocycles. The third-order valence-corrected chi connectivity index (χ3v) is 3.02. The molecule has 19 heavy (non-hydrogen) atoms. The second kappa shape index (κ2) is 4.90. The Balaban J connectivity index is 2.31. The Hall–Kier alpha value is -2.68. The van der Waals surface area contributed by atoms with Crippen molar-refractivity contribution in [2.24, 2.45) is 0 Å². The topological polar surface area (TPSA) is 132 Å². The van der Waals surface area contributed by atoms with E-state index in [1.807, 2.05) is 4.98 Å². The summed E-state index contributed by atoms with van der Waals surface area (Å²) in [5, 5.41) is 12.7. The lowest BCUT2D eigenvalue weighted by atomic mass is 10.3. The molecule has 2 aromatic rings. The standard InChI is InChI=1S/C10H7N3O5S/c14-6-3-5(12-10(18)13-6)8(15)11-4-1-2-19-7(4)9(16)17/h1-3H,(H,11,15)(H,16,17)(H2,12,13,14,18). The first-order chi connectivity index (χ1) is 8.97. The van der Waals surface area contributed by atoms with Crippen LogP contribution in [0.1, 0.15) is 20.2 Å². The van der Waals surface area contributed by atoms with Crippen LogP contribution in [0.2, 0.25) is 0 Å². The number of thiophene rings is 1. The summed E-state index contributed by atoms with van der Waals surface area (Å²) in [5.74, 6) is -1.95. The molecule has 0 aliphatic carbocycles. The maximum atomic E-state index is 11.8. The quantitative estimate of drug-likeness (QED) is 0.632. The molecule has 0 unspecified atom stereocenters. The van der Waals surface area contributed by atoms with Crippen LogP contribution >= 0.6 is 11.3 Å². The SMILES string of the molecule is O=C(Nc1ccsc1C(=O)O)c1cc(=O)[nH]c(=O)[nH]1. The van der Waals surface area contributed by atoms with Gasteiger partial charge in [0, 0.05) is 6.07 Å². The minimum Gasteiger partial charge on any atom is -0.477 e. The van der Waals surface area contributed by atoms with Crippen molar-refractivity contribution in [2.75, 3.05) is 5.32 Å². The number of carbonyl (C=O) groups is 2. The van der Waals surface area contributed by atoms with Crippen molar-refractivity contribution in [1.82, 2.24) is 9.97 Å². The average molecular weight is 281 g/mol. The van der Waals surface area contributed by atoms with E-state index in [9.17, 15) is 19.2 Å². The molecule has 1 amide bonds. The van der Waals surface area contributed by atoms with Crippen molar-refractivity contribution < 1.29 is 14.7 Å². The van der Waals surface area contributed by atoms with E-state index >= 15 is 0 Å². The molecule has 0 radical (unpaired) electrons. The highest BCUT2D eigenvalue weighted by Gasteiger charge is 2.15. The minimum atomic E-state index is -1.18. The Bertz CT molecular complexity index is 729. The van der Waals surface area contributed by atoms with Crippen molar-refractivity contribution in [1.29, 1.82) is 0 Å². The maximum absolute atomic E-state index is 11.8. The Labute approximate surface area is 108 Å². The summed E-state index contributed by atoms with van der Waals surface area (Å²) in [6, 6.07) is 2.32. The van der Waals surface area contributed by atoms with Crippen LogP contribution in [0.15, 0.2) is 27.1 Å². The molecule has 8 nitrogen and oxygen atoms in total. The molecule has 98 valence electrons. The first kappa shape index (κ1) is 12.8. The van der Waals surface area contributed by atoms with Gasteiger partial charge in [0.1, 0.15) is 10.6 Å².